The van der Waals surface area contributed by atoms with Crippen LogP contribution in [0.4, 0.5) is 23.2 Å². The van der Waals surface area contributed by atoms with Crippen LogP contribution in [-0.4, -0.2) is 0 Å². The van der Waals surface area contributed by atoms with Crippen LogP contribution in [0.2, 0.25) is 0 Å². The zero-order chi connectivity index (χ0) is 16.9. The minimum Gasteiger partial charge on any atom is -0.378 e. The Bertz CT molecular complexity index is 809. The Kier molecular flexibility index (Phi) is 3.41. The van der Waals surface area contributed by atoms with Gasteiger partial charge in [0.05, 0.1) is 11.6 Å². The van der Waals surface area contributed by atoms with E-state index >= 15 is 0 Å². The van der Waals surface area contributed by atoms with Crippen molar-refractivity contribution in [3.05, 3.63) is 77.1 Å². The maximum absolute atomic E-state index is 13.6. The summed E-state index contributed by atoms with van der Waals surface area (Å²) in [6.07, 6.45) is 0.223. The number of anilines is 1. The van der Waals surface area contributed by atoms with E-state index in [-0.39, 0.29) is 23.2 Å². The first-order valence-corrected chi connectivity index (χ1v) is 7.84. The molecule has 0 saturated heterocycles. The molecule has 1 aliphatic carbocycles. The standard InChI is InChI=1S/C19H15F4N/c20-11-8-9-17-15(10-11)12-5-3-6-13(12)18(24-17)14-4-1-2-7-16(14)19(21,22)23/h1-5,7-10,12-13,18,24H,6H2/t12-,13-,18-/m1/s1. The van der Waals surface area contributed by atoms with E-state index in [1.165, 1.54) is 24.3 Å². The summed E-state index contributed by atoms with van der Waals surface area (Å²) in [7, 11) is 0. The number of hydrogen-bond donors (Lipinski definition) is 1. The highest BCUT2D eigenvalue weighted by Crippen LogP contribution is 2.51. The average Bonchev–Trinajstić information content (AvgIpc) is 3.03. The van der Waals surface area contributed by atoms with Gasteiger partial charge in [0.15, 0.2) is 0 Å². The Morgan fingerprint density at radius 3 is 2.58 bits per heavy atom. The lowest BCUT2D eigenvalue weighted by Gasteiger charge is -2.38. The molecule has 24 heavy (non-hydrogen) atoms. The van der Waals surface area contributed by atoms with Gasteiger partial charge < -0.3 is 5.32 Å². The van der Waals surface area contributed by atoms with E-state index in [2.05, 4.69) is 5.32 Å². The monoisotopic (exact) mass is 333 g/mol. The summed E-state index contributed by atoms with van der Waals surface area (Å²) in [4.78, 5) is 0. The smallest absolute Gasteiger partial charge is 0.378 e. The van der Waals surface area contributed by atoms with Gasteiger partial charge in [0.25, 0.3) is 0 Å². The van der Waals surface area contributed by atoms with E-state index in [1.807, 2.05) is 12.2 Å². The van der Waals surface area contributed by atoms with Gasteiger partial charge in [0.1, 0.15) is 5.82 Å². The van der Waals surface area contributed by atoms with E-state index < -0.39 is 17.8 Å². The Morgan fingerprint density at radius 2 is 1.79 bits per heavy atom. The number of fused-ring (bicyclic) bond motifs is 3. The second kappa shape index (κ2) is 5.36. The highest BCUT2D eigenvalue weighted by atomic mass is 19.4. The summed E-state index contributed by atoms with van der Waals surface area (Å²) in [5.41, 5.74) is 1.15. The van der Waals surface area contributed by atoms with Gasteiger partial charge in [-0.3, -0.25) is 0 Å². The van der Waals surface area contributed by atoms with Gasteiger partial charge >= 0.3 is 6.18 Å². The van der Waals surface area contributed by atoms with E-state index in [0.29, 0.717) is 12.1 Å². The quantitative estimate of drug-likeness (QED) is 0.524. The molecule has 2 aliphatic rings. The molecule has 1 aliphatic heterocycles. The first-order valence-electron chi connectivity index (χ1n) is 7.84. The molecule has 1 nitrogen and oxygen atoms in total. The zero-order valence-corrected chi connectivity index (χ0v) is 12.6. The molecule has 3 atom stereocenters. The largest absolute Gasteiger partial charge is 0.416 e. The van der Waals surface area contributed by atoms with Crippen molar-refractivity contribution in [3.63, 3.8) is 0 Å². The summed E-state index contributed by atoms with van der Waals surface area (Å²) >= 11 is 0. The number of nitrogens with one attached hydrogen (secondary N) is 1. The molecule has 1 N–H and O–H groups in total. The molecular weight excluding hydrogens is 318 g/mol. The lowest BCUT2D eigenvalue weighted by molar-refractivity contribution is -0.138. The van der Waals surface area contributed by atoms with Crippen LogP contribution in [-0.2, 0) is 6.18 Å². The molecule has 0 fully saturated rings. The molecule has 0 saturated carbocycles. The molecule has 0 aromatic heterocycles. The number of rotatable bonds is 1. The lowest BCUT2D eigenvalue weighted by Crippen LogP contribution is -2.30. The van der Waals surface area contributed by atoms with Crippen LogP contribution in [0.5, 0.6) is 0 Å². The van der Waals surface area contributed by atoms with Crippen molar-refractivity contribution in [2.24, 2.45) is 5.92 Å². The number of allylic oxidation sites excluding steroid dienone is 2. The van der Waals surface area contributed by atoms with Crippen molar-refractivity contribution < 1.29 is 17.6 Å². The number of benzene rings is 2. The average molecular weight is 333 g/mol. The van der Waals surface area contributed by atoms with Crippen molar-refractivity contribution in [2.45, 2.75) is 24.6 Å². The molecule has 0 spiro atoms. The first kappa shape index (κ1) is 15.2. The Labute approximate surface area is 137 Å². The molecule has 0 radical (unpaired) electrons. The zero-order valence-electron chi connectivity index (χ0n) is 12.6. The summed E-state index contributed by atoms with van der Waals surface area (Å²) < 4.78 is 53.8. The third kappa shape index (κ3) is 2.39. The number of hydrogen-bond acceptors (Lipinski definition) is 1. The SMILES string of the molecule is Fc1ccc2c(c1)[C@@H]1C=CC[C@H]1[C@H](c1ccccc1C(F)(F)F)N2. The van der Waals surface area contributed by atoms with Gasteiger partial charge in [-0.05, 0) is 47.7 Å². The van der Waals surface area contributed by atoms with Gasteiger partial charge in [-0.25, -0.2) is 4.39 Å². The predicted molar refractivity (Wildman–Crippen MR) is 84.2 cm³/mol. The summed E-state index contributed by atoms with van der Waals surface area (Å²) in [5, 5.41) is 3.22. The van der Waals surface area contributed by atoms with Crippen LogP contribution in [0.3, 0.4) is 0 Å². The summed E-state index contributed by atoms with van der Waals surface area (Å²) in [6.45, 7) is 0. The fourth-order valence-corrected chi connectivity index (χ4v) is 3.90. The molecule has 5 heteroatoms. The second-order valence-electron chi connectivity index (χ2n) is 6.29. The van der Waals surface area contributed by atoms with E-state index in [1.54, 1.807) is 12.1 Å². The third-order valence-electron chi connectivity index (χ3n) is 4.93. The Hall–Kier alpha value is -2.30. The summed E-state index contributed by atoms with van der Waals surface area (Å²) in [6, 6.07) is 9.64. The Morgan fingerprint density at radius 1 is 1.00 bits per heavy atom. The predicted octanol–water partition coefficient (Wildman–Crippen LogP) is 5.67. The van der Waals surface area contributed by atoms with Crippen LogP contribution in [0.15, 0.2) is 54.6 Å². The van der Waals surface area contributed by atoms with Crippen LogP contribution in [0.25, 0.3) is 0 Å². The molecule has 0 unspecified atom stereocenters. The van der Waals surface area contributed by atoms with Gasteiger partial charge in [0, 0.05) is 11.6 Å². The van der Waals surface area contributed by atoms with Gasteiger partial charge in [-0.1, -0.05) is 30.4 Å². The van der Waals surface area contributed by atoms with E-state index in [4.69, 9.17) is 0 Å². The van der Waals surface area contributed by atoms with Crippen LogP contribution < -0.4 is 5.32 Å². The minimum absolute atomic E-state index is 0.0530. The first-order chi connectivity index (χ1) is 11.4. The highest BCUT2D eigenvalue weighted by Gasteiger charge is 2.42. The van der Waals surface area contributed by atoms with Gasteiger partial charge in [-0.15, -0.1) is 0 Å². The molecule has 124 valence electrons. The molecule has 0 bridgehead atoms. The van der Waals surface area contributed by atoms with E-state index in [0.717, 1.165) is 11.6 Å². The Balaban J connectivity index is 1.83. The van der Waals surface area contributed by atoms with Crippen molar-refractivity contribution in [1.29, 1.82) is 0 Å². The van der Waals surface area contributed by atoms with Crippen LogP contribution >= 0.6 is 0 Å². The van der Waals surface area contributed by atoms with Crippen LogP contribution in [0.1, 0.15) is 35.1 Å². The topological polar surface area (TPSA) is 12.0 Å². The third-order valence-corrected chi connectivity index (χ3v) is 4.93. The number of alkyl halides is 3. The molecule has 2 aromatic carbocycles. The maximum atomic E-state index is 13.6. The molecule has 1 heterocycles. The molecule has 0 amide bonds. The lowest BCUT2D eigenvalue weighted by atomic mass is 9.76. The van der Waals surface area contributed by atoms with Crippen molar-refractivity contribution in [3.8, 4) is 0 Å². The number of halogens is 4. The molecular formula is C19H15F4N. The highest BCUT2D eigenvalue weighted by molar-refractivity contribution is 5.60. The van der Waals surface area contributed by atoms with Gasteiger partial charge in [0.2, 0.25) is 0 Å². The minimum atomic E-state index is -4.40. The van der Waals surface area contributed by atoms with Crippen molar-refractivity contribution >= 4 is 5.69 Å². The van der Waals surface area contributed by atoms with E-state index in [9.17, 15) is 17.6 Å². The molecule has 2 aromatic rings. The fourth-order valence-electron chi connectivity index (χ4n) is 3.90. The molecule has 4 rings (SSSR count). The van der Waals surface area contributed by atoms with Crippen LogP contribution in [0, 0.1) is 11.7 Å². The second-order valence-corrected chi connectivity index (χ2v) is 6.29. The fraction of sp³-hybridized carbons (Fsp3) is 0.263. The summed E-state index contributed by atoms with van der Waals surface area (Å²) in [5.74, 6) is -0.449. The maximum Gasteiger partial charge on any atom is 0.416 e. The van der Waals surface area contributed by atoms with Gasteiger partial charge in [-0.2, -0.15) is 13.2 Å². The van der Waals surface area contributed by atoms with Crippen molar-refractivity contribution in [2.75, 3.05) is 5.32 Å². The normalized spacial score (nSPS) is 25.1. The van der Waals surface area contributed by atoms with Crippen molar-refractivity contribution in [1.82, 2.24) is 0 Å².